The molecule has 0 aliphatic heterocycles. The predicted molar refractivity (Wildman–Crippen MR) is 102 cm³/mol. The summed E-state index contributed by atoms with van der Waals surface area (Å²) in [5.74, 6) is -0.711. The number of methoxy groups -OCH3 is 1. The number of rotatable bonds is 7. The lowest BCUT2D eigenvalue weighted by Crippen LogP contribution is -2.37. The van der Waals surface area contributed by atoms with Gasteiger partial charge in [-0.1, -0.05) is 12.1 Å². The Morgan fingerprint density at radius 2 is 1.78 bits per heavy atom. The number of sulfonamides is 1. The first-order valence-electron chi connectivity index (χ1n) is 8.27. The molecule has 0 atom stereocenters. The quantitative estimate of drug-likeness (QED) is 0.731. The summed E-state index contributed by atoms with van der Waals surface area (Å²) < 4.78 is 31.9. The molecule has 0 heterocycles. The van der Waals surface area contributed by atoms with Crippen LogP contribution in [0.15, 0.2) is 53.4 Å². The van der Waals surface area contributed by atoms with Gasteiger partial charge in [0.05, 0.1) is 17.6 Å². The predicted octanol–water partition coefficient (Wildman–Crippen LogP) is 2.11. The van der Waals surface area contributed by atoms with Crippen molar-refractivity contribution >= 4 is 27.6 Å². The number of aryl methyl sites for hydroxylation is 1. The van der Waals surface area contributed by atoms with Gasteiger partial charge in [0.25, 0.3) is 0 Å². The number of ether oxygens (including phenoxy) is 1. The second kappa shape index (κ2) is 8.79. The van der Waals surface area contributed by atoms with Crippen LogP contribution in [-0.4, -0.2) is 40.5 Å². The molecule has 144 valence electrons. The van der Waals surface area contributed by atoms with E-state index in [0.717, 1.165) is 5.56 Å². The fraction of sp³-hybridized carbons (Fsp3) is 0.263. The third-order valence-corrected chi connectivity index (χ3v) is 5.37. The van der Waals surface area contributed by atoms with Crippen molar-refractivity contribution in [3.8, 4) is 0 Å². The number of nitrogens with one attached hydrogen (secondary N) is 1. The van der Waals surface area contributed by atoms with Gasteiger partial charge < -0.3 is 9.64 Å². The first kappa shape index (κ1) is 20.6. The number of carbonyl (C=O) groups is 2. The Morgan fingerprint density at radius 1 is 1.11 bits per heavy atom. The van der Waals surface area contributed by atoms with Crippen LogP contribution in [0.5, 0.6) is 0 Å². The minimum Gasteiger partial charge on any atom is -0.465 e. The van der Waals surface area contributed by atoms with Gasteiger partial charge in [-0.3, -0.25) is 4.79 Å². The van der Waals surface area contributed by atoms with E-state index >= 15 is 0 Å². The number of carbonyl (C=O) groups excluding carboxylic acids is 2. The second-order valence-electron chi connectivity index (χ2n) is 5.92. The van der Waals surface area contributed by atoms with Crippen molar-refractivity contribution in [2.75, 3.05) is 25.1 Å². The molecule has 2 rings (SSSR count). The van der Waals surface area contributed by atoms with Crippen LogP contribution in [0, 0.1) is 6.92 Å². The minimum atomic E-state index is -3.66. The van der Waals surface area contributed by atoms with Gasteiger partial charge in [-0.25, -0.2) is 17.9 Å². The van der Waals surface area contributed by atoms with Crippen LogP contribution in [0.3, 0.4) is 0 Å². The molecule has 0 radical (unpaired) electrons. The van der Waals surface area contributed by atoms with E-state index in [0.29, 0.717) is 11.3 Å². The first-order chi connectivity index (χ1) is 12.7. The average Bonchev–Trinajstić information content (AvgIpc) is 2.64. The van der Waals surface area contributed by atoms with Crippen molar-refractivity contribution in [1.82, 2.24) is 4.72 Å². The first-order valence-corrected chi connectivity index (χ1v) is 9.76. The minimum absolute atomic E-state index is 0.0502. The van der Waals surface area contributed by atoms with Crippen molar-refractivity contribution in [3.63, 3.8) is 0 Å². The summed E-state index contributed by atoms with van der Waals surface area (Å²) in [5, 5.41) is 0. The number of hydrogen-bond donors (Lipinski definition) is 1. The van der Waals surface area contributed by atoms with Crippen LogP contribution < -0.4 is 9.62 Å². The second-order valence-corrected chi connectivity index (χ2v) is 7.69. The smallest absolute Gasteiger partial charge is 0.337 e. The van der Waals surface area contributed by atoms with Crippen molar-refractivity contribution in [1.29, 1.82) is 0 Å². The largest absolute Gasteiger partial charge is 0.465 e. The molecule has 0 fully saturated rings. The lowest BCUT2D eigenvalue weighted by Gasteiger charge is -2.21. The summed E-state index contributed by atoms with van der Waals surface area (Å²) in [6, 6.07) is 12.9. The van der Waals surface area contributed by atoms with Crippen LogP contribution in [0.4, 0.5) is 5.69 Å². The summed E-state index contributed by atoms with van der Waals surface area (Å²) in [7, 11) is -2.37. The molecule has 0 aliphatic carbocycles. The van der Waals surface area contributed by atoms with Crippen molar-refractivity contribution in [3.05, 3.63) is 59.7 Å². The maximum absolute atomic E-state index is 12.4. The molecule has 1 amide bonds. The molecule has 27 heavy (non-hydrogen) atoms. The van der Waals surface area contributed by atoms with Crippen LogP contribution in [0.1, 0.15) is 22.8 Å². The molecule has 8 heteroatoms. The summed E-state index contributed by atoms with van der Waals surface area (Å²) >= 11 is 0. The van der Waals surface area contributed by atoms with E-state index in [2.05, 4.69) is 9.46 Å². The maximum Gasteiger partial charge on any atom is 0.337 e. The topological polar surface area (TPSA) is 92.8 Å². The lowest BCUT2D eigenvalue weighted by molar-refractivity contribution is -0.116. The zero-order valence-electron chi connectivity index (χ0n) is 15.4. The molecule has 0 bridgehead atoms. The molecule has 0 aromatic heterocycles. The Hall–Kier alpha value is -2.71. The standard InChI is InChI=1S/C19H22N2O5S/c1-14-5-4-6-18(13-14)27(24,25)20-11-12-21(15(2)22)17-9-7-16(8-10-17)19(23)26-3/h4-10,13,20H,11-12H2,1-3H3. The Bertz CT molecular complexity index is 923. The molecule has 0 spiro atoms. The maximum atomic E-state index is 12.4. The lowest BCUT2D eigenvalue weighted by atomic mass is 10.2. The monoisotopic (exact) mass is 390 g/mol. The number of esters is 1. The summed E-state index contributed by atoms with van der Waals surface area (Å²) in [4.78, 5) is 25.0. The number of nitrogens with zero attached hydrogens (tertiary/aromatic N) is 1. The Labute approximate surface area is 159 Å². The van der Waals surface area contributed by atoms with Gasteiger partial charge in [0.15, 0.2) is 0 Å². The van der Waals surface area contributed by atoms with Crippen molar-refractivity contribution in [2.45, 2.75) is 18.7 Å². The van der Waals surface area contributed by atoms with Crippen molar-refractivity contribution < 1.29 is 22.7 Å². The van der Waals surface area contributed by atoms with Gasteiger partial charge in [0, 0.05) is 25.7 Å². The van der Waals surface area contributed by atoms with Gasteiger partial charge in [-0.2, -0.15) is 0 Å². The fourth-order valence-corrected chi connectivity index (χ4v) is 3.65. The number of amides is 1. The number of benzene rings is 2. The summed E-state index contributed by atoms with van der Waals surface area (Å²) in [5.41, 5.74) is 1.77. The van der Waals surface area contributed by atoms with Crippen LogP contribution >= 0.6 is 0 Å². The van der Waals surface area contributed by atoms with Crippen LogP contribution in [0.25, 0.3) is 0 Å². The zero-order chi connectivity index (χ0) is 20.0. The molecule has 2 aromatic carbocycles. The molecule has 0 saturated carbocycles. The molecule has 0 unspecified atom stereocenters. The summed E-state index contributed by atoms with van der Waals surface area (Å²) in [6.45, 7) is 3.41. The molecular formula is C19H22N2O5S. The molecule has 0 saturated heterocycles. The van der Waals surface area contributed by atoms with Gasteiger partial charge in [0.1, 0.15) is 0 Å². The third kappa shape index (κ3) is 5.38. The molecule has 1 N–H and O–H groups in total. The number of anilines is 1. The highest BCUT2D eigenvalue weighted by Crippen LogP contribution is 2.16. The fourth-order valence-electron chi connectivity index (χ4n) is 2.52. The third-order valence-electron chi connectivity index (χ3n) is 3.91. The van der Waals surface area contributed by atoms with E-state index < -0.39 is 16.0 Å². The molecule has 2 aromatic rings. The van der Waals surface area contributed by atoms with E-state index in [1.165, 1.54) is 25.0 Å². The van der Waals surface area contributed by atoms with E-state index in [1.807, 2.05) is 13.0 Å². The van der Waals surface area contributed by atoms with Gasteiger partial charge >= 0.3 is 5.97 Å². The molecule has 0 aliphatic rings. The number of hydrogen-bond acceptors (Lipinski definition) is 5. The Balaban J connectivity index is 2.07. The highest BCUT2D eigenvalue weighted by Gasteiger charge is 2.17. The molecular weight excluding hydrogens is 368 g/mol. The van der Waals surface area contributed by atoms with E-state index in [9.17, 15) is 18.0 Å². The average molecular weight is 390 g/mol. The van der Waals surface area contributed by atoms with Crippen LogP contribution in [-0.2, 0) is 19.6 Å². The Kier molecular flexibility index (Phi) is 6.70. The van der Waals surface area contributed by atoms with Crippen molar-refractivity contribution in [2.24, 2.45) is 0 Å². The SMILES string of the molecule is COC(=O)c1ccc(N(CCNS(=O)(=O)c2cccc(C)c2)C(C)=O)cc1. The normalized spacial score (nSPS) is 11.1. The zero-order valence-corrected chi connectivity index (χ0v) is 16.2. The van der Waals surface area contributed by atoms with E-state index in [4.69, 9.17) is 0 Å². The van der Waals surface area contributed by atoms with Gasteiger partial charge in [-0.05, 0) is 48.9 Å². The summed E-state index contributed by atoms with van der Waals surface area (Å²) in [6.07, 6.45) is 0. The van der Waals surface area contributed by atoms with Crippen LogP contribution in [0.2, 0.25) is 0 Å². The van der Waals surface area contributed by atoms with Gasteiger partial charge in [-0.15, -0.1) is 0 Å². The van der Waals surface area contributed by atoms with E-state index in [-0.39, 0.29) is 23.9 Å². The molecule has 7 nitrogen and oxygen atoms in total. The van der Waals surface area contributed by atoms with E-state index in [1.54, 1.807) is 36.4 Å². The highest BCUT2D eigenvalue weighted by molar-refractivity contribution is 7.89. The Morgan fingerprint density at radius 3 is 2.33 bits per heavy atom. The highest BCUT2D eigenvalue weighted by atomic mass is 32.2. The van der Waals surface area contributed by atoms with Gasteiger partial charge in [0.2, 0.25) is 15.9 Å².